The molecule has 0 spiro atoms. The van der Waals surface area contributed by atoms with Crippen molar-refractivity contribution in [3.05, 3.63) is 52.3 Å². The van der Waals surface area contributed by atoms with Gasteiger partial charge in [-0.3, -0.25) is 9.78 Å². The number of carbonyl (C=O) groups is 1. The number of benzene rings is 1. The zero-order valence-electron chi connectivity index (χ0n) is 10.0. The molecule has 1 unspecified atom stereocenters. The second kappa shape index (κ2) is 6.09. The summed E-state index contributed by atoms with van der Waals surface area (Å²) >= 11 is 11.6. The second-order valence-electron chi connectivity index (χ2n) is 3.99. The molecule has 5 nitrogen and oxygen atoms in total. The Hall–Kier alpha value is -1.82. The van der Waals surface area contributed by atoms with Crippen molar-refractivity contribution in [3.63, 3.8) is 0 Å². The molecule has 1 heterocycles. The van der Waals surface area contributed by atoms with Crippen molar-refractivity contribution in [3.8, 4) is 5.75 Å². The molecule has 3 N–H and O–H groups in total. The molecule has 20 heavy (non-hydrogen) atoms. The first kappa shape index (κ1) is 14.6. The minimum atomic E-state index is -1.46. The molecule has 1 atom stereocenters. The number of hydrogen-bond acceptors (Lipinski definition) is 4. The van der Waals surface area contributed by atoms with Crippen LogP contribution in [-0.2, 0) is 4.79 Å². The number of anilines is 1. The minimum Gasteiger partial charge on any atom is -0.504 e. The molecular formula is C13H10Cl2N2O3. The smallest absolute Gasteiger partial charge is 0.257 e. The van der Waals surface area contributed by atoms with E-state index in [9.17, 15) is 15.0 Å². The number of amides is 1. The van der Waals surface area contributed by atoms with E-state index >= 15 is 0 Å². The Balaban J connectivity index is 2.18. The van der Waals surface area contributed by atoms with E-state index in [1.54, 1.807) is 0 Å². The zero-order valence-corrected chi connectivity index (χ0v) is 11.6. The summed E-state index contributed by atoms with van der Waals surface area (Å²) in [6, 6.07) is 5.77. The summed E-state index contributed by atoms with van der Waals surface area (Å²) in [6.45, 7) is 0. The number of aliphatic hydroxyl groups is 1. The van der Waals surface area contributed by atoms with Crippen LogP contribution in [0.25, 0.3) is 0 Å². The fourth-order valence-electron chi connectivity index (χ4n) is 1.58. The number of aromatic nitrogens is 1. The van der Waals surface area contributed by atoms with Gasteiger partial charge in [0.05, 0.1) is 11.9 Å². The molecule has 2 rings (SSSR count). The van der Waals surface area contributed by atoms with Crippen LogP contribution < -0.4 is 5.32 Å². The lowest BCUT2D eigenvalue weighted by Gasteiger charge is -2.13. The van der Waals surface area contributed by atoms with Crippen molar-refractivity contribution in [2.45, 2.75) is 6.10 Å². The van der Waals surface area contributed by atoms with Crippen LogP contribution in [0.5, 0.6) is 5.75 Å². The molecule has 0 fully saturated rings. The number of rotatable bonds is 3. The predicted octanol–water partition coefficient (Wildman–Crippen LogP) is 2.77. The van der Waals surface area contributed by atoms with Crippen LogP contribution >= 0.6 is 23.2 Å². The monoisotopic (exact) mass is 312 g/mol. The first-order chi connectivity index (χ1) is 9.47. The van der Waals surface area contributed by atoms with Crippen LogP contribution in [0.2, 0.25) is 10.0 Å². The average Bonchev–Trinajstić information content (AvgIpc) is 2.39. The predicted molar refractivity (Wildman–Crippen MR) is 76.0 cm³/mol. The van der Waals surface area contributed by atoms with E-state index in [-0.39, 0.29) is 17.0 Å². The maximum absolute atomic E-state index is 11.9. The molecule has 104 valence electrons. The van der Waals surface area contributed by atoms with Crippen molar-refractivity contribution in [2.75, 3.05) is 5.32 Å². The third kappa shape index (κ3) is 3.39. The standard InChI is InChI=1S/C13H10Cl2N2O3/c14-8-3-7(4-9(15)5-8)12(19)13(20)17-10-1-2-16-6-11(10)18/h1-6,12,18-19H,(H,16,17,20). The van der Waals surface area contributed by atoms with Crippen LogP contribution in [0.3, 0.4) is 0 Å². The van der Waals surface area contributed by atoms with Crippen molar-refractivity contribution in [1.29, 1.82) is 0 Å². The third-order valence-electron chi connectivity index (χ3n) is 2.51. The van der Waals surface area contributed by atoms with Gasteiger partial charge in [0.2, 0.25) is 0 Å². The maximum atomic E-state index is 11.9. The van der Waals surface area contributed by atoms with Crippen molar-refractivity contribution in [1.82, 2.24) is 4.98 Å². The SMILES string of the molecule is O=C(Nc1ccncc1O)C(O)c1cc(Cl)cc(Cl)c1. The Kier molecular flexibility index (Phi) is 4.44. The number of pyridine rings is 1. The maximum Gasteiger partial charge on any atom is 0.257 e. The summed E-state index contributed by atoms with van der Waals surface area (Å²) in [7, 11) is 0. The van der Waals surface area contributed by atoms with Gasteiger partial charge >= 0.3 is 0 Å². The first-order valence-corrected chi connectivity index (χ1v) is 6.31. The van der Waals surface area contributed by atoms with Crippen molar-refractivity contribution in [2.24, 2.45) is 0 Å². The highest BCUT2D eigenvalue weighted by atomic mass is 35.5. The van der Waals surface area contributed by atoms with Crippen LogP contribution in [0.4, 0.5) is 5.69 Å². The largest absolute Gasteiger partial charge is 0.504 e. The molecule has 0 aliphatic heterocycles. The number of nitrogens with one attached hydrogen (secondary N) is 1. The third-order valence-corrected chi connectivity index (χ3v) is 2.94. The Morgan fingerprint density at radius 1 is 1.25 bits per heavy atom. The van der Waals surface area contributed by atoms with Gasteiger partial charge in [0.1, 0.15) is 0 Å². The van der Waals surface area contributed by atoms with Crippen molar-refractivity contribution < 1.29 is 15.0 Å². The number of hydrogen-bond donors (Lipinski definition) is 3. The second-order valence-corrected chi connectivity index (χ2v) is 4.86. The lowest BCUT2D eigenvalue weighted by molar-refractivity contribution is -0.124. The van der Waals surface area contributed by atoms with Crippen LogP contribution in [-0.4, -0.2) is 21.1 Å². The van der Waals surface area contributed by atoms with E-state index in [1.807, 2.05) is 0 Å². The molecule has 0 bridgehead atoms. The van der Waals surface area contributed by atoms with Gasteiger partial charge in [-0.25, -0.2) is 0 Å². The lowest BCUT2D eigenvalue weighted by Crippen LogP contribution is -2.20. The Morgan fingerprint density at radius 3 is 2.50 bits per heavy atom. The Labute approximate surface area is 124 Å². The van der Waals surface area contributed by atoms with Gasteiger partial charge in [-0.05, 0) is 29.8 Å². The summed E-state index contributed by atoms with van der Waals surface area (Å²) in [5, 5.41) is 22.5. The van der Waals surface area contributed by atoms with Gasteiger partial charge in [0, 0.05) is 16.2 Å². The van der Waals surface area contributed by atoms with E-state index in [2.05, 4.69) is 10.3 Å². The highest BCUT2D eigenvalue weighted by Crippen LogP contribution is 2.26. The number of nitrogens with zero attached hydrogens (tertiary/aromatic N) is 1. The molecule has 0 aliphatic rings. The van der Waals surface area contributed by atoms with Gasteiger partial charge in [-0.15, -0.1) is 0 Å². The molecule has 1 amide bonds. The molecular weight excluding hydrogens is 303 g/mol. The zero-order chi connectivity index (χ0) is 14.7. The molecule has 2 aromatic rings. The van der Waals surface area contributed by atoms with Gasteiger partial charge < -0.3 is 15.5 Å². The van der Waals surface area contributed by atoms with E-state index in [0.29, 0.717) is 10.0 Å². The quantitative estimate of drug-likeness (QED) is 0.814. The molecule has 7 heteroatoms. The fourth-order valence-corrected chi connectivity index (χ4v) is 2.12. The highest BCUT2D eigenvalue weighted by molar-refractivity contribution is 6.34. The van der Waals surface area contributed by atoms with Crippen LogP contribution in [0.15, 0.2) is 36.7 Å². The molecule has 0 saturated carbocycles. The van der Waals surface area contributed by atoms with Crippen molar-refractivity contribution >= 4 is 34.8 Å². The van der Waals surface area contributed by atoms with Gasteiger partial charge in [-0.2, -0.15) is 0 Å². The number of aromatic hydroxyl groups is 1. The summed E-state index contributed by atoms with van der Waals surface area (Å²) in [5.74, 6) is -0.915. The van der Waals surface area contributed by atoms with E-state index in [4.69, 9.17) is 23.2 Å². The minimum absolute atomic E-state index is 0.150. The Bertz CT molecular complexity index is 629. The lowest BCUT2D eigenvalue weighted by atomic mass is 10.1. The molecule has 1 aromatic carbocycles. The summed E-state index contributed by atoms with van der Waals surface area (Å²) in [4.78, 5) is 15.6. The number of carbonyl (C=O) groups excluding carboxylic acids is 1. The highest BCUT2D eigenvalue weighted by Gasteiger charge is 2.19. The molecule has 0 saturated heterocycles. The number of aliphatic hydroxyl groups excluding tert-OH is 1. The summed E-state index contributed by atoms with van der Waals surface area (Å²) in [6.07, 6.45) is 1.12. The Morgan fingerprint density at radius 2 is 1.90 bits per heavy atom. The molecule has 1 aromatic heterocycles. The number of halogens is 2. The van der Waals surface area contributed by atoms with Gasteiger partial charge in [0.15, 0.2) is 11.9 Å². The topological polar surface area (TPSA) is 82.5 Å². The average molecular weight is 313 g/mol. The first-order valence-electron chi connectivity index (χ1n) is 5.55. The molecule has 0 radical (unpaired) electrons. The summed E-state index contributed by atoms with van der Waals surface area (Å²) < 4.78 is 0. The van der Waals surface area contributed by atoms with E-state index in [0.717, 1.165) is 0 Å². The van der Waals surface area contributed by atoms with Crippen LogP contribution in [0, 0.1) is 0 Å². The van der Waals surface area contributed by atoms with E-state index in [1.165, 1.54) is 36.7 Å². The summed E-state index contributed by atoms with van der Waals surface area (Å²) in [5.41, 5.74) is 0.408. The fraction of sp³-hybridized carbons (Fsp3) is 0.0769. The van der Waals surface area contributed by atoms with E-state index < -0.39 is 12.0 Å². The molecule has 0 aliphatic carbocycles. The van der Waals surface area contributed by atoms with Gasteiger partial charge in [-0.1, -0.05) is 23.2 Å². The van der Waals surface area contributed by atoms with Crippen LogP contribution in [0.1, 0.15) is 11.7 Å². The van der Waals surface area contributed by atoms with Gasteiger partial charge in [0.25, 0.3) is 5.91 Å². The normalized spacial score (nSPS) is 11.9.